The standard InChI is InChI=1S/C31H33NO2/c1-2-24(25-14-16-26(17-15-25)31-11-7-6-8-27(31)22-32)21-28(33)20-23-12-18-30(19-13-23)34-29-9-4-3-5-10-29/h3-13,18-19,24-26H,2,14-17,20-21H2,1H3. The number of rotatable bonds is 9. The lowest BCUT2D eigenvalue weighted by molar-refractivity contribution is -0.119. The molecule has 3 aromatic carbocycles. The third-order valence-electron chi connectivity index (χ3n) is 7.28. The van der Waals surface area contributed by atoms with Crippen molar-refractivity contribution in [2.75, 3.05) is 0 Å². The zero-order valence-corrected chi connectivity index (χ0v) is 20.0. The summed E-state index contributed by atoms with van der Waals surface area (Å²) < 4.78 is 5.85. The molecule has 0 heterocycles. The molecule has 0 N–H and O–H groups in total. The second-order valence-electron chi connectivity index (χ2n) is 9.46. The number of carbonyl (C=O) groups is 1. The summed E-state index contributed by atoms with van der Waals surface area (Å²) in [5, 5.41) is 9.43. The van der Waals surface area contributed by atoms with Gasteiger partial charge in [0, 0.05) is 12.8 Å². The number of benzene rings is 3. The third kappa shape index (κ3) is 6.14. The molecule has 1 saturated carbocycles. The summed E-state index contributed by atoms with van der Waals surface area (Å²) in [7, 11) is 0. The molecule has 1 aliphatic rings. The van der Waals surface area contributed by atoms with E-state index in [-0.39, 0.29) is 0 Å². The third-order valence-corrected chi connectivity index (χ3v) is 7.28. The number of nitrogens with zero attached hydrogens (tertiary/aromatic N) is 1. The first kappa shape index (κ1) is 23.8. The highest BCUT2D eigenvalue weighted by Gasteiger charge is 2.29. The largest absolute Gasteiger partial charge is 0.457 e. The van der Waals surface area contributed by atoms with Gasteiger partial charge in [-0.15, -0.1) is 0 Å². The second kappa shape index (κ2) is 11.7. The molecule has 0 amide bonds. The van der Waals surface area contributed by atoms with Crippen LogP contribution >= 0.6 is 0 Å². The van der Waals surface area contributed by atoms with E-state index in [0.717, 1.165) is 54.7 Å². The Bertz CT molecular complexity index is 1110. The summed E-state index contributed by atoms with van der Waals surface area (Å²) in [5.41, 5.74) is 3.05. The summed E-state index contributed by atoms with van der Waals surface area (Å²) in [6, 6.07) is 27.9. The molecular weight excluding hydrogens is 418 g/mol. The van der Waals surface area contributed by atoms with Crippen LogP contribution in [0.3, 0.4) is 0 Å². The van der Waals surface area contributed by atoms with Gasteiger partial charge in [0.15, 0.2) is 0 Å². The molecule has 1 unspecified atom stereocenters. The van der Waals surface area contributed by atoms with Crippen molar-refractivity contribution >= 4 is 5.78 Å². The van der Waals surface area contributed by atoms with Gasteiger partial charge in [-0.2, -0.15) is 5.26 Å². The highest BCUT2D eigenvalue weighted by atomic mass is 16.5. The molecule has 3 nitrogen and oxygen atoms in total. The molecule has 3 heteroatoms. The molecule has 174 valence electrons. The Morgan fingerprint density at radius 3 is 2.24 bits per heavy atom. The van der Waals surface area contributed by atoms with Crippen LogP contribution in [0, 0.1) is 23.2 Å². The molecule has 0 bridgehead atoms. The molecule has 0 radical (unpaired) electrons. The molecule has 1 atom stereocenters. The summed E-state index contributed by atoms with van der Waals surface area (Å²) in [4.78, 5) is 12.9. The maximum atomic E-state index is 12.9. The van der Waals surface area contributed by atoms with Crippen LogP contribution in [-0.4, -0.2) is 5.78 Å². The fourth-order valence-electron chi connectivity index (χ4n) is 5.39. The van der Waals surface area contributed by atoms with Gasteiger partial charge in [-0.1, -0.05) is 61.9 Å². The normalized spacial score (nSPS) is 18.6. The van der Waals surface area contributed by atoms with Gasteiger partial charge in [0.2, 0.25) is 0 Å². The van der Waals surface area contributed by atoms with Crippen molar-refractivity contribution in [1.29, 1.82) is 5.26 Å². The molecule has 1 fully saturated rings. The van der Waals surface area contributed by atoms with Gasteiger partial charge in [0.25, 0.3) is 0 Å². The minimum absolute atomic E-state index is 0.320. The smallest absolute Gasteiger partial charge is 0.137 e. The van der Waals surface area contributed by atoms with E-state index >= 15 is 0 Å². The molecule has 4 rings (SSSR count). The molecule has 0 aliphatic heterocycles. The molecular formula is C31H33NO2. The second-order valence-corrected chi connectivity index (χ2v) is 9.46. The molecule has 34 heavy (non-hydrogen) atoms. The summed E-state index contributed by atoms with van der Waals surface area (Å²) in [6.07, 6.45) is 6.67. The first-order valence-electron chi connectivity index (χ1n) is 12.5. The number of ketones is 1. The Labute approximate surface area is 203 Å². The van der Waals surface area contributed by atoms with E-state index in [2.05, 4.69) is 19.1 Å². The topological polar surface area (TPSA) is 50.1 Å². The lowest BCUT2D eigenvalue weighted by atomic mass is 9.71. The molecule has 0 saturated heterocycles. The van der Waals surface area contributed by atoms with E-state index in [4.69, 9.17) is 4.74 Å². The fourth-order valence-corrected chi connectivity index (χ4v) is 5.39. The van der Waals surface area contributed by atoms with Gasteiger partial charge in [-0.3, -0.25) is 4.79 Å². The summed E-state index contributed by atoms with van der Waals surface area (Å²) in [5.74, 6) is 3.42. The van der Waals surface area contributed by atoms with Crippen LogP contribution in [0.15, 0.2) is 78.9 Å². The first-order valence-corrected chi connectivity index (χ1v) is 12.5. The van der Waals surface area contributed by atoms with E-state index in [0.29, 0.717) is 36.4 Å². The van der Waals surface area contributed by atoms with Gasteiger partial charge < -0.3 is 4.74 Å². The molecule has 1 aliphatic carbocycles. The van der Waals surface area contributed by atoms with Crippen LogP contribution in [-0.2, 0) is 11.2 Å². The van der Waals surface area contributed by atoms with Crippen molar-refractivity contribution < 1.29 is 9.53 Å². The van der Waals surface area contributed by atoms with Crippen molar-refractivity contribution in [1.82, 2.24) is 0 Å². The van der Waals surface area contributed by atoms with E-state index in [1.165, 1.54) is 5.56 Å². The van der Waals surface area contributed by atoms with Gasteiger partial charge in [0.05, 0.1) is 11.6 Å². The van der Waals surface area contributed by atoms with Crippen LogP contribution in [0.2, 0.25) is 0 Å². The Balaban J connectivity index is 1.28. The van der Waals surface area contributed by atoms with Gasteiger partial charge in [0.1, 0.15) is 17.3 Å². The monoisotopic (exact) mass is 451 g/mol. The Kier molecular flexibility index (Phi) is 8.15. The molecule has 0 spiro atoms. The number of Topliss-reactive ketones (excluding diaryl/α,β-unsaturated/α-hetero) is 1. The maximum absolute atomic E-state index is 12.9. The maximum Gasteiger partial charge on any atom is 0.137 e. The number of carbonyl (C=O) groups excluding carboxylic acids is 1. The fraction of sp³-hybridized carbons (Fsp3) is 0.355. The number of nitriles is 1. The highest BCUT2D eigenvalue weighted by molar-refractivity contribution is 5.81. The van der Waals surface area contributed by atoms with Crippen molar-refractivity contribution in [3.05, 3.63) is 95.6 Å². The van der Waals surface area contributed by atoms with E-state index in [1.54, 1.807) is 0 Å². The van der Waals surface area contributed by atoms with Crippen molar-refractivity contribution in [3.63, 3.8) is 0 Å². The number of ether oxygens (including phenoxy) is 1. The zero-order chi connectivity index (χ0) is 23.8. The lowest BCUT2D eigenvalue weighted by Gasteiger charge is -2.34. The predicted octanol–water partition coefficient (Wildman–Crippen LogP) is 7.85. The van der Waals surface area contributed by atoms with Crippen LogP contribution < -0.4 is 4.74 Å². The lowest BCUT2D eigenvalue weighted by Crippen LogP contribution is -2.23. The summed E-state index contributed by atoms with van der Waals surface area (Å²) >= 11 is 0. The Morgan fingerprint density at radius 1 is 0.912 bits per heavy atom. The number of hydrogen-bond donors (Lipinski definition) is 0. The Morgan fingerprint density at radius 2 is 1.56 bits per heavy atom. The van der Waals surface area contributed by atoms with E-state index in [9.17, 15) is 10.1 Å². The average Bonchev–Trinajstić information content (AvgIpc) is 2.89. The van der Waals surface area contributed by atoms with Gasteiger partial charge in [-0.25, -0.2) is 0 Å². The molecule has 0 aromatic heterocycles. The van der Waals surface area contributed by atoms with Gasteiger partial charge >= 0.3 is 0 Å². The summed E-state index contributed by atoms with van der Waals surface area (Å²) in [6.45, 7) is 2.21. The van der Waals surface area contributed by atoms with Crippen LogP contribution in [0.4, 0.5) is 0 Å². The quantitative estimate of drug-likeness (QED) is 0.333. The van der Waals surface area contributed by atoms with Crippen LogP contribution in [0.5, 0.6) is 11.5 Å². The average molecular weight is 452 g/mol. The minimum Gasteiger partial charge on any atom is -0.457 e. The highest BCUT2D eigenvalue weighted by Crippen LogP contribution is 2.41. The SMILES string of the molecule is CCC(CC(=O)Cc1ccc(Oc2ccccc2)cc1)C1CCC(c2ccccc2C#N)CC1. The van der Waals surface area contributed by atoms with E-state index < -0.39 is 0 Å². The predicted molar refractivity (Wildman–Crippen MR) is 136 cm³/mol. The van der Waals surface area contributed by atoms with Crippen molar-refractivity contribution in [2.45, 2.75) is 57.8 Å². The van der Waals surface area contributed by atoms with Gasteiger partial charge in [-0.05, 0) is 84.9 Å². The number of para-hydroxylation sites is 1. The van der Waals surface area contributed by atoms with Crippen LogP contribution in [0.1, 0.15) is 68.1 Å². The Hall–Kier alpha value is -3.38. The molecule has 3 aromatic rings. The number of hydrogen-bond acceptors (Lipinski definition) is 3. The van der Waals surface area contributed by atoms with Crippen LogP contribution in [0.25, 0.3) is 0 Å². The minimum atomic E-state index is 0.320. The van der Waals surface area contributed by atoms with Crippen molar-refractivity contribution in [2.24, 2.45) is 11.8 Å². The van der Waals surface area contributed by atoms with Crippen molar-refractivity contribution in [3.8, 4) is 17.6 Å². The van der Waals surface area contributed by atoms with E-state index in [1.807, 2.05) is 72.8 Å². The first-order chi connectivity index (χ1) is 16.7. The zero-order valence-electron chi connectivity index (χ0n) is 20.0.